The number of rotatable bonds is 6. The summed E-state index contributed by atoms with van der Waals surface area (Å²) in [4.78, 5) is 15.6. The summed E-state index contributed by atoms with van der Waals surface area (Å²) in [5.41, 5.74) is 2.70. The Morgan fingerprint density at radius 2 is 2.00 bits per heavy atom. The van der Waals surface area contributed by atoms with Gasteiger partial charge in [0.15, 0.2) is 5.82 Å². The second-order valence-electron chi connectivity index (χ2n) is 8.25. The molecule has 1 aliphatic rings. The van der Waals surface area contributed by atoms with E-state index in [2.05, 4.69) is 38.9 Å². The van der Waals surface area contributed by atoms with Gasteiger partial charge >= 0.3 is 6.01 Å². The fraction of sp³-hybridized carbons (Fsp3) is 0.391. The molecule has 0 spiro atoms. The van der Waals surface area contributed by atoms with Crippen LogP contribution in [-0.2, 0) is 0 Å². The molecule has 1 aliphatic heterocycles. The molecule has 10 heteroatoms. The van der Waals surface area contributed by atoms with Gasteiger partial charge in [-0.2, -0.15) is 4.98 Å². The maximum Gasteiger partial charge on any atom is 0.324 e. The zero-order valence-corrected chi connectivity index (χ0v) is 20.2. The second kappa shape index (κ2) is 9.15. The molecule has 1 saturated heterocycles. The van der Waals surface area contributed by atoms with Crippen LogP contribution >= 0.6 is 22.9 Å². The summed E-state index contributed by atoms with van der Waals surface area (Å²) in [6.45, 7) is 5.68. The van der Waals surface area contributed by atoms with Crippen molar-refractivity contribution >= 4 is 39.2 Å². The van der Waals surface area contributed by atoms with Crippen molar-refractivity contribution in [1.29, 1.82) is 0 Å². The lowest BCUT2D eigenvalue weighted by molar-refractivity contribution is 0.164. The second-order valence-corrected chi connectivity index (χ2v) is 9.53. The van der Waals surface area contributed by atoms with Gasteiger partial charge in [0.05, 0.1) is 17.6 Å². The van der Waals surface area contributed by atoms with Gasteiger partial charge in [-0.1, -0.05) is 30.6 Å². The zero-order chi connectivity index (χ0) is 22.9. The summed E-state index contributed by atoms with van der Waals surface area (Å²) in [6, 6.07) is 6.23. The zero-order valence-electron chi connectivity index (χ0n) is 18.6. The van der Waals surface area contributed by atoms with E-state index in [9.17, 15) is 0 Å². The van der Waals surface area contributed by atoms with Crippen LogP contribution in [0.4, 0.5) is 6.01 Å². The fourth-order valence-corrected chi connectivity index (χ4v) is 5.08. The molecule has 1 aromatic carbocycles. The van der Waals surface area contributed by atoms with E-state index < -0.39 is 0 Å². The first-order valence-corrected chi connectivity index (χ1v) is 12.1. The van der Waals surface area contributed by atoms with Crippen molar-refractivity contribution in [2.24, 2.45) is 0 Å². The van der Waals surface area contributed by atoms with Crippen LogP contribution in [0.3, 0.4) is 0 Å². The number of fused-ring (bicyclic) bond motifs is 1. The summed E-state index contributed by atoms with van der Waals surface area (Å²) >= 11 is 8.07. The summed E-state index contributed by atoms with van der Waals surface area (Å²) < 4.78 is 17.9. The van der Waals surface area contributed by atoms with Crippen LogP contribution in [-0.4, -0.2) is 46.4 Å². The Labute approximate surface area is 200 Å². The molecule has 0 radical (unpaired) electrons. The largest absolute Gasteiger partial charge is 0.497 e. The van der Waals surface area contributed by atoms with E-state index in [0.717, 1.165) is 53.1 Å². The molecule has 0 unspecified atom stereocenters. The summed E-state index contributed by atoms with van der Waals surface area (Å²) in [5, 5.41) is 6.72. The van der Waals surface area contributed by atoms with Gasteiger partial charge in [-0.3, -0.25) is 0 Å². The number of ether oxygens (including phenoxy) is 2. The molecule has 0 atom stereocenters. The predicted octanol–water partition coefficient (Wildman–Crippen LogP) is 5.57. The Balaban J connectivity index is 1.31. The van der Waals surface area contributed by atoms with Gasteiger partial charge in [-0.15, -0.1) is 11.3 Å². The van der Waals surface area contributed by atoms with Crippen LogP contribution in [0.5, 0.6) is 11.6 Å². The topological polar surface area (TPSA) is 86.4 Å². The highest BCUT2D eigenvalue weighted by molar-refractivity contribution is 7.18. The van der Waals surface area contributed by atoms with Crippen molar-refractivity contribution in [3.8, 4) is 22.8 Å². The third-order valence-corrected chi connectivity index (χ3v) is 7.00. The van der Waals surface area contributed by atoms with Crippen LogP contribution in [0, 0.1) is 0 Å². The lowest BCUT2D eigenvalue weighted by Gasteiger charge is -2.30. The lowest BCUT2D eigenvalue weighted by atomic mass is 10.1. The quantitative estimate of drug-likeness (QED) is 0.350. The number of benzene rings is 1. The fourth-order valence-electron chi connectivity index (χ4n) is 3.86. The van der Waals surface area contributed by atoms with Gasteiger partial charge in [0.25, 0.3) is 0 Å². The van der Waals surface area contributed by atoms with Crippen molar-refractivity contribution in [1.82, 2.24) is 20.1 Å². The van der Waals surface area contributed by atoms with Crippen LogP contribution in [0.15, 0.2) is 34.4 Å². The van der Waals surface area contributed by atoms with Gasteiger partial charge in [0.1, 0.15) is 22.9 Å². The molecule has 0 amide bonds. The van der Waals surface area contributed by atoms with Crippen LogP contribution in [0.1, 0.15) is 38.4 Å². The van der Waals surface area contributed by atoms with E-state index >= 15 is 0 Å². The Hall–Kier alpha value is -2.91. The van der Waals surface area contributed by atoms with Crippen molar-refractivity contribution in [3.05, 3.63) is 40.8 Å². The Morgan fingerprint density at radius 1 is 1.18 bits per heavy atom. The van der Waals surface area contributed by atoms with E-state index in [0.29, 0.717) is 22.7 Å². The maximum absolute atomic E-state index is 6.51. The molecule has 0 saturated carbocycles. The average molecular weight is 486 g/mol. The molecule has 1 fully saturated rings. The number of hydrogen-bond donors (Lipinski definition) is 0. The molecule has 4 heterocycles. The summed E-state index contributed by atoms with van der Waals surface area (Å²) in [5.74, 6) is 2.30. The van der Waals surface area contributed by atoms with Crippen LogP contribution in [0.25, 0.3) is 21.3 Å². The number of anilines is 1. The molecule has 0 N–H and O–H groups in total. The molecule has 0 bridgehead atoms. The van der Waals surface area contributed by atoms with Gasteiger partial charge < -0.3 is 18.9 Å². The third-order valence-electron chi connectivity index (χ3n) is 5.73. The Kier molecular flexibility index (Phi) is 6.07. The van der Waals surface area contributed by atoms with Crippen LogP contribution in [0.2, 0.25) is 5.02 Å². The van der Waals surface area contributed by atoms with Gasteiger partial charge in [-0.25, -0.2) is 9.97 Å². The van der Waals surface area contributed by atoms with Crippen molar-refractivity contribution in [2.75, 3.05) is 25.1 Å². The number of nitrogens with zero attached hydrogens (tertiary/aromatic N) is 5. The molecule has 5 rings (SSSR count). The van der Waals surface area contributed by atoms with E-state index in [-0.39, 0.29) is 12.0 Å². The van der Waals surface area contributed by atoms with Gasteiger partial charge in [0.2, 0.25) is 5.88 Å². The monoisotopic (exact) mass is 485 g/mol. The number of hydrogen-bond acceptors (Lipinski definition) is 9. The lowest BCUT2D eigenvalue weighted by Crippen LogP contribution is -2.38. The highest BCUT2D eigenvalue weighted by Gasteiger charge is 2.26. The predicted molar refractivity (Wildman–Crippen MR) is 129 cm³/mol. The highest BCUT2D eigenvalue weighted by Crippen LogP contribution is 2.40. The van der Waals surface area contributed by atoms with E-state index in [1.807, 2.05) is 17.5 Å². The van der Waals surface area contributed by atoms with Crippen LogP contribution < -0.4 is 14.4 Å². The first kappa shape index (κ1) is 21.9. The van der Waals surface area contributed by atoms with E-state index in [4.69, 9.17) is 25.6 Å². The normalized spacial score (nSPS) is 14.9. The highest BCUT2D eigenvalue weighted by atomic mass is 35.5. The molecular formula is C23H24ClN5O3S. The SMILES string of the molecule is COc1ccc(-c2csc3c(OC4CCN(c5nc(C(C)C)no5)CC4)ncnc23)c(Cl)c1. The molecule has 172 valence electrons. The van der Waals surface area contributed by atoms with E-state index in [1.54, 1.807) is 30.8 Å². The standard InChI is InChI=1S/C23H24ClN5O3S/c1-13(2)21-27-23(32-28-21)29-8-6-14(7-9-29)31-22-20-19(25-12-26-22)17(11-33-20)16-5-4-15(30-3)10-18(16)24/h4-5,10-14H,6-9H2,1-3H3. The molecule has 0 aliphatic carbocycles. The first-order valence-electron chi connectivity index (χ1n) is 10.8. The maximum atomic E-state index is 6.51. The van der Waals surface area contributed by atoms with Crippen molar-refractivity contribution in [3.63, 3.8) is 0 Å². The first-order chi connectivity index (χ1) is 16.0. The minimum Gasteiger partial charge on any atom is -0.497 e. The number of piperidine rings is 1. The van der Waals surface area contributed by atoms with E-state index in [1.165, 1.54) is 0 Å². The summed E-state index contributed by atoms with van der Waals surface area (Å²) in [7, 11) is 1.62. The molecule has 8 nitrogen and oxygen atoms in total. The van der Waals surface area contributed by atoms with Gasteiger partial charge in [0, 0.05) is 48.4 Å². The molecular weight excluding hydrogens is 462 g/mol. The minimum atomic E-state index is 0.0574. The number of thiophene rings is 1. The number of halogens is 1. The smallest absolute Gasteiger partial charge is 0.324 e. The van der Waals surface area contributed by atoms with Crippen molar-refractivity contribution < 1.29 is 14.0 Å². The molecule has 4 aromatic rings. The molecule has 3 aromatic heterocycles. The molecule has 33 heavy (non-hydrogen) atoms. The summed E-state index contributed by atoms with van der Waals surface area (Å²) in [6.07, 6.45) is 3.29. The minimum absolute atomic E-state index is 0.0574. The van der Waals surface area contributed by atoms with Crippen molar-refractivity contribution in [2.45, 2.75) is 38.7 Å². The Morgan fingerprint density at radius 3 is 2.70 bits per heavy atom. The average Bonchev–Trinajstić information content (AvgIpc) is 3.48. The number of aromatic nitrogens is 4. The Bertz CT molecular complexity index is 1270. The third kappa shape index (κ3) is 4.35. The van der Waals surface area contributed by atoms with Gasteiger partial charge in [-0.05, 0) is 18.2 Å². The number of methoxy groups -OCH3 is 1.